The van der Waals surface area contributed by atoms with E-state index < -0.39 is 0 Å². The lowest BCUT2D eigenvalue weighted by molar-refractivity contribution is 0.186. The monoisotopic (exact) mass is 151 g/mol. The second-order valence-corrected chi connectivity index (χ2v) is 3.39. The number of aryl methyl sites for hydroxylation is 1. The van der Waals surface area contributed by atoms with Crippen molar-refractivity contribution in [3.63, 3.8) is 0 Å². The quantitative estimate of drug-likeness (QED) is 0.642. The van der Waals surface area contributed by atoms with Crippen molar-refractivity contribution in [3.8, 4) is 0 Å². The molecule has 1 aromatic rings. The standard InChI is InChI=1S/C8H13N3/c1-6-3-8(10-9-6)7-4-11(2)5-7/h3,7H,4-5H2,1-2H3,(H,9,10). The minimum absolute atomic E-state index is 0.671. The molecule has 1 aliphatic rings. The number of nitrogens with one attached hydrogen (secondary N) is 1. The molecule has 0 radical (unpaired) electrons. The zero-order valence-corrected chi connectivity index (χ0v) is 6.96. The van der Waals surface area contributed by atoms with E-state index >= 15 is 0 Å². The summed E-state index contributed by atoms with van der Waals surface area (Å²) in [7, 11) is 2.13. The first-order valence-corrected chi connectivity index (χ1v) is 3.96. The Balaban J connectivity index is 2.07. The summed E-state index contributed by atoms with van der Waals surface area (Å²) in [5.74, 6) is 0.671. The molecular weight excluding hydrogens is 138 g/mol. The molecule has 0 unspecified atom stereocenters. The average molecular weight is 151 g/mol. The SMILES string of the molecule is Cc1cc(C2CN(C)C2)n[nH]1. The van der Waals surface area contributed by atoms with Crippen molar-refractivity contribution in [2.24, 2.45) is 0 Å². The molecular formula is C8H13N3. The fraction of sp³-hybridized carbons (Fsp3) is 0.625. The third-order valence-electron chi connectivity index (χ3n) is 2.21. The van der Waals surface area contributed by atoms with Gasteiger partial charge in [0.25, 0.3) is 0 Å². The van der Waals surface area contributed by atoms with Gasteiger partial charge >= 0.3 is 0 Å². The zero-order chi connectivity index (χ0) is 7.84. The zero-order valence-electron chi connectivity index (χ0n) is 6.96. The molecule has 3 nitrogen and oxygen atoms in total. The van der Waals surface area contributed by atoms with Crippen LogP contribution in [0.25, 0.3) is 0 Å². The van der Waals surface area contributed by atoms with Crippen LogP contribution in [0.4, 0.5) is 0 Å². The smallest absolute Gasteiger partial charge is 0.0681 e. The van der Waals surface area contributed by atoms with Crippen molar-refractivity contribution in [2.45, 2.75) is 12.8 Å². The fourth-order valence-corrected chi connectivity index (χ4v) is 1.53. The number of likely N-dealkylation sites (tertiary alicyclic amines) is 1. The average Bonchev–Trinajstić information content (AvgIpc) is 2.29. The highest BCUT2D eigenvalue weighted by molar-refractivity contribution is 5.15. The third kappa shape index (κ3) is 1.16. The van der Waals surface area contributed by atoms with Gasteiger partial charge in [0.2, 0.25) is 0 Å². The Bertz CT molecular complexity index is 248. The summed E-state index contributed by atoms with van der Waals surface area (Å²) in [4.78, 5) is 2.30. The van der Waals surface area contributed by atoms with Crippen LogP contribution in [-0.4, -0.2) is 35.2 Å². The lowest BCUT2D eigenvalue weighted by Crippen LogP contribution is -2.41. The van der Waals surface area contributed by atoms with Crippen molar-refractivity contribution < 1.29 is 0 Å². The number of hydrogen-bond donors (Lipinski definition) is 1. The van der Waals surface area contributed by atoms with Crippen LogP contribution in [0.1, 0.15) is 17.3 Å². The lowest BCUT2D eigenvalue weighted by atomic mass is 9.97. The minimum Gasteiger partial charge on any atom is -0.305 e. The van der Waals surface area contributed by atoms with E-state index in [0.29, 0.717) is 5.92 Å². The molecule has 0 bridgehead atoms. The van der Waals surface area contributed by atoms with Crippen LogP contribution < -0.4 is 0 Å². The second kappa shape index (κ2) is 2.34. The summed E-state index contributed by atoms with van der Waals surface area (Å²) in [6, 6.07) is 2.14. The van der Waals surface area contributed by atoms with Gasteiger partial charge in [0.1, 0.15) is 0 Å². The van der Waals surface area contributed by atoms with Crippen LogP contribution >= 0.6 is 0 Å². The maximum atomic E-state index is 4.22. The summed E-state index contributed by atoms with van der Waals surface area (Å²) < 4.78 is 0. The van der Waals surface area contributed by atoms with Gasteiger partial charge in [-0.25, -0.2) is 0 Å². The Morgan fingerprint density at radius 3 is 2.82 bits per heavy atom. The number of aromatic nitrogens is 2. The molecule has 11 heavy (non-hydrogen) atoms. The Morgan fingerprint density at radius 2 is 2.36 bits per heavy atom. The van der Waals surface area contributed by atoms with Gasteiger partial charge in [-0.3, -0.25) is 5.10 Å². The van der Waals surface area contributed by atoms with Crippen LogP contribution in [0.3, 0.4) is 0 Å². The van der Waals surface area contributed by atoms with E-state index in [2.05, 4.69) is 28.2 Å². The molecule has 2 heterocycles. The summed E-state index contributed by atoms with van der Waals surface area (Å²) >= 11 is 0. The van der Waals surface area contributed by atoms with E-state index in [1.807, 2.05) is 6.92 Å². The van der Waals surface area contributed by atoms with Crippen molar-refractivity contribution >= 4 is 0 Å². The van der Waals surface area contributed by atoms with Crippen LogP contribution in [-0.2, 0) is 0 Å². The number of aromatic amines is 1. The molecule has 0 aromatic carbocycles. The molecule has 0 aliphatic carbocycles. The number of likely N-dealkylation sites (N-methyl/N-ethyl adjacent to an activating group) is 1. The number of nitrogens with zero attached hydrogens (tertiary/aromatic N) is 2. The van der Waals surface area contributed by atoms with Crippen LogP contribution in [0.5, 0.6) is 0 Å². The first-order valence-electron chi connectivity index (χ1n) is 3.96. The maximum absolute atomic E-state index is 4.22. The highest BCUT2D eigenvalue weighted by atomic mass is 15.2. The van der Waals surface area contributed by atoms with E-state index in [1.165, 1.54) is 5.69 Å². The van der Waals surface area contributed by atoms with Crippen LogP contribution in [0.15, 0.2) is 6.07 Å². The highest BCUT2D eigenvalue weighted by Crippen LogP contribution is 2.23. The van der Waals surface area contributed by atoms with Crippen molar-refractivity contribution in [2.75, 3.05) is 20.1 Å². The predicted octanol–water partition coefficient (Wildman–Crippen LogP) is 0.747. The minimum atomic E-state index is 0.671. The summed E-state index contributed by atoms with van der Waals surface area (Å²) in [5.41, 5.74) is 2.38. The van der Waals surface area contributed by atoms with Crippen LogP contribution in [0, 0.1) is 6.92 Å². The van der Waals surface area contributed by atoms with Gasteiger partial charge in [-0.1, -0.05) is 0 Å². The largest absolute Gasteiger partial charge is 0.305 e. The Kier molecular flexibility index (Phi) is 1.46. The molecule has 0 spiro atoms. The molecule has 1 aliphatic heterocycles. The van der Waals surface area contributed by atoms with E-state index in [4.69, 9.17) is 0 Å². The molecule has 0 saturated carbocycles. The van der Waals surface area contributed by atoms with E-state index in [1.54, 1.807) is 0 Å². The molecule has 0 atom stereocenters. The summed E-state index contributed by atoms with van der Waals surface area (Å²) in [5, 5.41) is 7.18. The van der Waals surface area contributed by atoms with Gasteiger partial charge in [-0.15, -0.1) is 0 Å². The highest BCUT2D eigenvalue weighted by Gasteiger charge is 2.26. The normalized spacial score (nSPS) is 20.2. The van der Waals surface area contributed by atoms with Gasteiger partial charge in [0, 0.05) is 24.7 Å². The first-order chi connectivity index (χ1) is 5.25. The third-order valence-corrected chi connectivity index (χ3v) is 2.21. The number of rotatable bonds is 1. The number of hydrogen-bond acceptors (Lipinski definition) is 2. The van der Waals surface area contributed by atoms with Gasteiger partial charge < -0.3 is 4.90 Å². The Morgan fingerprint density at radius 1 is 1.64 bits per heavy atom. The molecule has 1 fully saturated rings. The van der Waals surface area contributed by atoms with Crippen molar-refractivity contribution in [1.29, 1.82) is 0 Å². The van der Waals surface area contributed by atoms with Crippen molar-refractivity contribution in [1.82, 2.24) is 15.1 Å². The summed E-state index contributed by atoms with van der Waals surface area (Å²) in [6.45, 7) is 4.35. The molecule has 3 heteroatoms. The van der Waals surface area contributed by atoms with Gasteiger partial charge in [0.15, 0.2) is 0 Å². The van der Waals surface area contributed by atoms with E-state index in [-0.39, 0.29) is 0 Å². The molecule has 2 rings (SSSR count). The molecule has 0 amide bonds. The van der Waals surface area contributed by atoms with Gasteiger partial charge in [-0.05, 0) is 20.0 Å². The van der Waals surface area contributed by atoms with Gasteiger partial charge in [-0.2, -0.15) is 5.10 Å². The lowest BCUT2D eigenvalue weighted by Gasteiger charge is -2.34. The van der Waals surface area contributed by atoms with Gasteiger partial charge in [0.05, 0.1) is 5.69 Å². The number of H-pyrrole nitrogens is 1. The topological polar surface area (TPSA) is 31.9 Å². The molecule has 1 saturated heterocycles. The van der Waals surface area contributed by atoms with Crippen LogP contribution in [0.2, 0.25) is 0 Å². The summed E-state index contributed by atoms with van der Waals surface area (Å²) in [6.07, 6.45) is 0. The molecule has 1 aromatic heterocycles. The van der Waals surface area contributed by atoms with E-state index in [0.717, 1.165) is 18.8 Å². The Labute approximate surface area is 66.4 Å². The predicted molar refractivity (Wildman–Crippen MR) is 43.6 cm³/mol. The second-order valence-electron chi connectivity index (χ2n) is 3.39. The molecule has 1 N–H and O–H groups in total. The fourth-order valence-electron chi connectivity index (χ4n) is 1.53. The maximum Gasteiger partial charge on any atom is 0.0681 e. The molecule has 60 valence electrons. The van der Waals surface area contributed by atoms with E-state index in [9.17, 15) is 0 Å². The first kappa shape index (κ1) is 6.85. The Hall–Kier alpha value is -0.830. The van der Waals surface area contributed by atoms with Crippen molar-refractivity contribution in [3.05, 3.63) is 17.5 Å².